The first-order valence-electron chi connectivity index (χ1n) is 16.1. The number of rotatable bonds is 14. The van der Waals surface area contributed by atoms with E-state index >= 15 is 0 Å². The van der Waals surface area contributed by atoms with Crippen LogP contribution in [0.15, 0.2) is 72.8 Å². The molecule has 0 spiro atoms. The number of esters is 1. The third-order valence-electron chi connectivity index (χ3n) is 7.67. The molecule has 3 aromatic carbocycles. The fourth-order valence-corrected chi connectivity index (χ4v) is 5.04. The number of hydrogen-bond acceptors (Lipinski definition) is 12. The summed E-state index contributed by atoms with van der Waals surface area (Å²) >= 11 is 6.01. The Morgan fingerprint density at radius 1 is 0.857 bits per heavy atom. The zero-order valence-corrected chi connectivity index (χ0v) is 29.4. The van der Waals surface area contributed by atoms with Crippen molar-refractivity contribution in [2.75, 3.05) is 36.2 Å². The molecule has 0 radical (unpaired) electrons. The third-order valence-corrected chi connectivity index (χ3v) is 7.92. The van der Waals surface area contributed by atoms with Crippen molar-refractivity contribution in [1.29, 1.82) is 0 Å². The molecule has 0 aliphatic heterocycles. The molecule has 1 aliphatic carbocycles. The number of aromatic nitrogens is 3. The average molecular weight is 811 g/mol. The second-order valence-electron chi connectivity index (χ2n) is 11.9. The molecule has 56 heavy (non-hydrogen) atoms. The van der Waals surface area contributed by atoms with Gasteiger partial charge >= 0.3 is 36.3 Å². The molecule has 1 atom stereocenters. The van der Waals surface area contributed by atoms with E-state index in [2.05, 4.69) is 51.0 Å². The maximum Gasteiger partial charge on any atom is 0.573 e. The number of alkyl halides is 6. The molecule has 1 fully saturated rings. The van der Waals surface area contributed by atoms with Crippen LogP contribution in [-0.2, 0) is 24.7 Å². The van der Waals surface area contributed by atoms with Crippen molar-refractivity contribution < 1.29 is 59.7 Å². The van der Waals surface area contributed by atoms with E-state index in [4.69, 9.17) is 16.3 Å². The Kier molecular flexibility index (Phi) is 12.4. The first kappa shape index (κ1) is 40.8. The number of amides is 3. The van der Waals surface area contributed by atoms with E-state index < -0.39 is 72.7 Å². The first-order valence-corrected chi connectivity index (χ1v) is 16.5. The summed E-state index contributed by atoms with van der Waals surface area (Å²) in [5, 5.41) is 13.0. The smallest absolute Gasteiger partial charge is 0.467 e. The molecule has 1 saturated carbocycles. The van der Waals surface area contributed by atoms with Gasteiger partial charge in [-0.1, -0.05) is 29.8 Å². The maximum atomic E-state index is 13.0. The number of hydrogen-bond donors (Lipinski definition) is 5. The van der Waals surface area contributed by atoms with Crippen LogP contribution in [0.2, 0.25) is 5.02 Å². The van der Waals surface area contributed by atoms with Crippen molar-refractivity contribution in [3.05, 3.63) is 88.9 Å². The summed E-state index contributed by atoms with van der Waals surface area (Å²) in [5.41, 5.74) is 0.333. The molecule has 1 heterocycles. The summed E-state index contributed by atoms with van der Waals surface area (Å²) in [6.45, 7) is -2.29. The standard InChI is InChI=1S/C34H29ClF6N8O7/c1-54-28(53)24(16-42-26(51)27(52)43-22-3-2-4-23(15-22)56-34(39,40)41)45-25(50)18-5-11-21(12-6-18)44-29-46-30(48-31(47-29)55-17-33(36,37)38)49-32(13-14-32)19-7-9-20(35)10-8-19/h2-12,15,24H,13-14,16-17H2,1H3,(H,42,51)(H,43,52)(H,45,50)(H2,44,46,47,48,49)/t24-/m0/s1. The molecule has 5 N–H and O–H groups in total. The van der Waals surface area contributed by atoms with E-state index in [9.17, 15) is 45.5 Å². The van der Waals surface area contributed by atoms with Gasteiger partial charge < -0.3 is 40.8 Å². The number of methoxy groups -OCH3 is 1. The molecule has 1 aromatic heterocycles. The van der Waals surface area contributed by atoms with Crippen LogP contribution in [-0.4, -0.2) is 77.5 Å². The van der Waals surface area contributed by atoms with Crippen molar-refractivity contribution in [3.8, 4) is 11.8 Å². The number of nitrogens with one attached hydrogen (secondary N) is 5. The van der Waals surface area contributed by atoms with E-state index in [0.717, 1.165) is 30.9 Å². The van der Waals surface area contributed by atoms with Gasteiger partial charge in [-0.3, -0.25) is 14.4 Å². The molecule has 15 nitrogen and oxygen atoms in total. The van der Waals surface area contributed by atoms with E-state index in [-0.39, 0.29) is 28.8 Å². The van der Waals surface area contributed by atoms with E-state index in [1.807, 2.05) is 0 Å². The summed E-state index contributed by atoms with van der Waals surface area (Å²) in [6, 6.07) is 14.4. The lowest BCUT2D eigenvalue weighted by Gasteiger charge is -2.19. The second-order valence-corrected chi connectivity index (χ2v) is 12.3. The summed E-state index contributed by atoms with van der Waals surface area (Å²) in [5.74, 6) is -5.35. The molecule has 296 valence electrons. The van der Waals surface area contributed by atoms with E-state index in [1.165, 1.54) is 30.3 Å². The Labute approximate surface area is 317 Å². The number of halogens is 7. The Bertz CT molecular complexity index is 2070. The Morgan fingerprint density at radius 2 is 1.54 bits per heavy atom. The van der Waals surface area contributed by atoms with Gasteiger partial charge in [-0.15, -0.1) is 13.2 Å². The number of carbonyl (C=O) groups excluding carboxylic acids is 4. The van der Waals surface area contributed by atoms with Gasteiger partial charge in [0, 0.05) is 34.6 Å². The molecule has 0 saturated heterocycles. The topological polar surface area (TPSA) is 195 Å². The second kappa shape index (κ2) is 17.0. The molecule has 3 amide bonds. The third kappa shape index (κ3) is 11.8. The van der Waals surface area contributed by atoms with Crippen LogP contribution in [0.3, 0.4) is 0 Å². The molecule has 22 heteroatoms. The average Bonchev–Trinajstić information content (AvgIpc) is 3.91. The van der Waals surface area contributed by atoms with Gasteiger partial charge in [0.2, 0.25) is 11.9 Å². The molecule has 1 aliphatic rings. The summed E-state index contributed by atoms with van der Waals surface area (Å²) in [7, 11) is 1.01. The van der Waals surface area contributed by atoms with Crippen molar-refractivity contribution in [2.45, 2.75) is 37.0 Å². The van der Waals surface area contributed by atoms with Crippen molar-refractivity contribution in [3.63, 3.8) is 0 Å². The molecule has 5 rings (SSSR count). The zero-order valence-electron chi connectivity index (χ0n) is 28.7. The summed E-state index contributed by atoms with van der Waals surface area (Å²) in [4.78, 5) is 62.4. The monoisotopic (exact) mass is 810 g/mol. The van der Waals surface area contributed by atoms with E-state index in [0.29, 0.717) is 17.9 Å². The lowest BCUT2D eigenvalue weighted by molar-refractivity contribution is -0.274. The summed E-state index contributed by atoms with van der Waals surface area (Å²) in [6.07, 6.45) is -8.32. The van der Waals surface area contributed by atoms with Crippen LogP contribution in [0.1, 0.15) is 28.8 Å². The highest BCUT2D eigenvalue weighted by Gasteiger charge is 2.45. The van der Waals surface area contributed by atoms with Gasteiger partial charge in [0.1, 0.15) is 11.8 Å². The van der Waals surface area contributed by atoms with E-state index in [1.54, 1.807) is 24.3 Å². The van der Waals surface area contributed by atoms with Crippen molar-refractivity contribution >= 4 is 58.6 Å². The van der Waals surface area contributed by atoms with Gasteiger partial charge in [0.25, 0.3) is 5.91 Å². The Balaban J connectivity index is 1.22. The zero-order chi connectivity index (χ0) is 40.7. The normalized spacial score (nSPS) is 13.7. The van der Waals surface area contributed by atoms with Crippen LogP contribution in [0.4, 0.5) is 49.6 Å². The van der Waals surface area contributed by atoms with Gasteiger partial charge in [0.05, 0.1) is 12.6 Å². The van der Waals surface area contributed by atoms with Crippen LogP contribution in [0.5, 0.6) is 11.8 Å². The lowest BCUT2D eigenvalue weighted by Crippen LogP contribution is -2.50. The molecular formula is C34H29ClF6N8O7. The van der Waals surface area contributed by atoms with Crippen LogP contribution in [0, 0.1) is 0 Å². The highest BCUT2D eigenvalue weighted by atomic mass is 35.5. The minimum atomic E-state index is -4.99. The minimum Gasteiger partial charge on any atom is -0.467 e. The molecule has 0 unspecified atom stereocenters. The molecule has 0 bridgehead atoms. The number of anilines is 4. The number of benzene rings is 3. The predicted molar refractivity (Wildman–Crippen MR) is 185 cm³/mol. The fraction of sp³-hybridized carbons (Fsp3) is 0.265. The number of ether oxygens (including phenoxy) is 3. The highest BCUT2D eigenvalue weighted by molar-refractivity contribution is 6.39. The predicted octanol–water partition coefficient (Wildman–Crippen LogP) is 5.24. The Hall–Kier alpha value is -6.38. The Morgan fingerprint density at radius 3 is 2.16 bits per heavy atom. The van der Waals surface area contributed by atoms with Crippen molar-refractivity contribution in [2.24, 2.45) is 0 Å². The van der Waals surface area contributed by atoms with Gasteiger partial charge in [-0.05, 0) is 66.9 Å². The lowest BCUT2D eigenvalue weighted by atomic mass is 10.1. The molecule has 4 aromatic rings. The van der Waals surface area contributed by atoms with Crippen LogP contribution >= 0.6 is 11.6 Å². The highest BCUT2D eigenvalue weighted by Crippen LogP contribution is 2.48. The van der Waals surface area contributed by atoms with Crippen LogP contribution < -0.4 is 36.1 Å². The van der Waals surface area contributed by atoms with Gasteiger partial charge in [-0.25, -0.2) is 4.79 Å². The fourth-order valence-electron chi connectivity index (χ4n) is 4.92. The minimum absolute atomic E-state index is 0.000298. The number of nitrogens with zero attached hydrogens (tertiary/aromatic N) is 3. The maximum absolute atomic E-state index is 13.0. The van der Waals surface area contributed by atoms with Crippen LogP contribution in [0.25, 0.3) is 0 Å². The largest absolute Gasteiger partial charge is 0.573 e. The number of carbonyl (C=O) groups is 4. The van der Waals surface area contributed by atoms with Gasteiger partial charge in [0.15, 0.2) is 6.61 Å². The summed E-state index contributed by atoms with van der Waals surface area (Å²) < 4.78 is 89.6. The van der Waals surface area contributed by atoms with Crippen molar-refractivity contribution in [1.82, 2.24) is 25.6 Å². The quantitative estimate of drug-likeness (QED) is 0.0633. The first-order chi connectivity index (χ1) is 26.4. The SMILES string of the molecule is COC(=O)[C@H](CNC(=O)C(=O)Nc1cccc(OC(F)(F)F)c1)NC(=O)c1ccc(Nc2nc(NC3(c4ccc(Cl)cc4)CC3)nc(OCC(F)(F)F)n2)cc1. The van der Waals surface area contributed by atoms with Gasteiger partial charge in [-0.2, -0.15) is 28.1 Å². The molecular weight excluding hydrogens is 782 g/mol.